The highest BCUT2D eigenvalue weighted by Crippen LogP contribution is 2.13. The van der Waals surface area contributed by atoms with Crippen LogP contribution in [-0.2, 0) is 19.5 Å². The Morgan fingerprint density at radius 1 is 1.50 bits per heavy atom. The molecule has 0 unspecified atom stereocenters. The summed E-state index contributed by atoms with van der Waals surface area (Å²) in [6.07, 6.45) is 2.59. The van der Waals surface area contributed by atoms with Gasteiger partial charge in [0.05, 0.1) is 31.1 Å². The molecular weight excluding hydrogens is 254 g/mol. The van der Waals surface area contributed by atoms with E-state index in [9.17, 15) is 8.42 Å². The van der Waals surface area contributed by atoms with Crippen molar-refractivity contribution in [3.8, 4) is 0 Å². The summed E-state index contributed by atoms with van der Waals surface area (Å²) in [5, 5.41) is 0. The van der Waals surface area contributed by atoms with E-state index in [1.165, 1.54) is 5.57 Å². The van der Waals surface area contributed by atoms with Gasteiger partial charge in [0.1, 0.15) is 0 Å². The molecule has 0 aromatic heterocycles. The molecule has 0 aromatic carbocycles. The first-order chi connectivity index (χ1) is 8.44. The molecule has 1 aliphatic heterocycles. The molecule has 0 spiro atoms. The number of ether oxygens (including phenoxy) is 2. The highest BCUT2D eigenvalue weighted by Gasteiger charge is 2.29. The first-order valence-corrected chi connectivity index (χ1v) is 7.92. The molecule has 0 radical (unpaired) electrons. The molecule has 18 heavy (non-hydrogen) atoms. The van der Waals surface area contributed by atoms with E-state index in [-0.39, 0.29) is 17.9 Å². The Bertz CT molecular complexity index is 374. The van der Waals surface area contributed by atoms with Crippen LogP contribution in [0.3, 0.4) is 0 Å². The lowest BCUT2D eigenvalue weighted by Gasteiger charge is -2.31. The molecule has 5 nitrogen and oxygen atoms in total. The number of nitrogens with one attached hydrogen (secondary N) is 1. The third kappa shape index (κ3) is 5.48. The third-order valence-electron chi connectivity index (χ3n) is 2.81. The Balaban J connectivity index is 2.54. The zero-order chi connectivity index (χ0) is 13.6. The molecule has 1 heterocycles. The SMILES string of the molecule is CCS(=O)(=O)N[C@@H]1COCC[C@@H]1OCC=C(C)C. The van der Waals surface area contributed by atoms with Crippen molar-refractivity contribution in [3.05, 3.63) is 11.6 Å². The molecule has 1 aliphatic rings. The first kappa shape index (κ1) is 15.6. The zero-order valence-electron chi connectivity index (χ0n) is 11.3. The molecule has 0 amide bonds. The standard InChI is InChI=1S/C12H23NO4S/c1-4-18(14,15)13-11-9-16-7-6-12(11)17-8-5-10(2)3/h5,11-13H,4,6-9H2,1-3H3/t11-,12+/m1/s1. The van der Waals surface area contributed by atoms with Crippen molar-refractivity contribution >= 4 is 10.0 Å². The van der Waals surface area contributed by atoms with Crippen molar-refractivity contribution < 1.29 is 17.9 Å². The number of hydrogen-bond acceptors (Lipinski definition) is 4. The minimum atomic E-state index is -3.22. The molecule has 1 rings (SSSR count). The summed E-state index contributed by atoms with van der Waals surface area (Å²) in [6.45, 7) is 7.13. The molecule has 106 valence electrons. The van der Waals surface area contributed by atoms with E-state index in [1.807, 2.05) is 19.9 Å². The minimum Gasteiger partial charge on any atom is -0.380 e. The molecule has 6 heteroatoms. The van der Waals surface area contributed by atoms with Gasteiger partial charge in [-0.25, -0.2) is 13.1 Å². The monoisotopic (exact) mass is 277 g/mol. The van der Waals surface area contributed by atoms with E-state index >= 15 is 0 Å². The maximum Gasteiger partial charge on any atom is 0.211 e. The predicted octanol–water partition coefficient (Wildman–Crippen LogP) is 1.07. The summed E-state index contributed by atoms with van der Waals surface area (Å²) in [7, 11) is -3.22. The van der Waals surface area contributed by atoms with Gasteiger partial charge in [-0.2, -0.15) is 0 Å². The number of sulfonamides is 1. The smallest absolute Gasteiger partial charge is 0.211 e. The summed E-state index contributed by atoms with van der Waals surface area (Å²) < 4.78 is 36.8. The summed E-state index contributed by atoms with van der Waals surface area (Å²) in [5.74, 6) is 0.0736. The van der Waals surface area contributed by atoms with Crippen LogP contribution in [-0.4, -0.2) is 46.1 Å². The van der Waals surface area contributed by atoms with E-state index in [4.69, 9.17) is 9.47 Å². The van der Waals surface area contributed by atoms with Crippen molar-refractivity contribution in [1.82, 2.24) is 4.72 Å². The van der Waals surface area contributed by atoms with E-state index in [1.54, 1.807) is 6.92 Å². The van der Waals surface area contributed by atoms with Crippen LogP contribution in [0.5, 0.6) is 0 Å². The zero-order valence-corrected chi connectivity index (χ0v) is 12.1. The van der Waals surface area contributed by atoms with Gasteiger partial charge in [0.25, 0.3) is 0 Å². The topological polar surface area (TPSA) is 64.6 Å². The minimum absolute atomic E-state index is 0.0736. The lowest BCUT2D eigenvalue weighted by molar-refractivity contribution is -0.0418. The lowest BCUT2D eigenvalue weighted by atomic mass is 10.1. The molecule has 0 bridgehead atoms. The lowest BCUT2D eigenvalue weighted by Crippen LogP contribution is -2.50. The Morgan fingerprint density at radius 3 is 2.83 bits per heavy atom. The largest absolute Gasteiger partial charge is 0.380 e. The molecule has 0 aromatic rings. The summed E-state index contributed by atoms with van der Waals surface area (Å²) in [6, 6.07) is -0.283. The molecule has 1 saturated heterocycles. The second-order valence-electron chi connectivity index (χ2n) is 4.64. The van der Waals surface area contributed by atoms with Gasteiger partial charge in [-0.15, -0.1) is 0 Å². The van der Waals surface area contributed by atoms with Crippen molar-refractivity contribution in [3.63, 3.8) is 0 Å². The fraction of sp³-hybridized carbons (Fsp3) is 0.833. The Morgan fingerprint density at radius 2 is 2.22 bits per heavy atom. The molecular formula is C12H23NO4S. The van der Waals surface area contributed by atoms with Gasteiger partial charge in [-0.1, -0.05) is 11.6 Å². The second-order valence-corrected chi connectivity index (χ2v) is 6.69. The van der Waals surface area contributed by atoms with Crippen molar-refractivity contribution in [2.24, 2.45) is 0 Å². The van der Waals surface area contributed by atoms with Gasteiger partial charge >= 0.3 is 0 Å². The van der Waals surface area contributed by atoms with Crippen LogP contribution in [0.25, 0.3) is 0 Å². The van der Waals surface area contributed by atoms with Crippen LogP contribution < -0.4 is 4.72 Å². The highest BCUT2D eigenvalue weighted by molar-refractivity contribution is 7.89. The molecule has 2 atom stereocenters. The van der Waals surface area contributed by atoms with Crippen LogP contribution >= 0.6 is 0 Å². The quantitative estimate of drug-likeness (QED) is 0.738. The summed E-state index contributed by atoms with van der Waals surface area (Å²) >= 11 is 0. The predicted molar refractivity (Wildman–Crippen MR) is 71.0 cm³/mol. The Hall–Kier alpha value is -0.430. The van der Waals surface area contributed by atoms with Gasteiger partial charge < -0.3 is 9.47 Å². The van der Waals surface area contributed by atoms with Crippen molar-refractivity contribution in [1.29, 1.82) is 0 Å². The van der Waals surface area contributed by atoms with E-state index in [2.05, 4.69) is 4.72 Å². The summed E-state index contributed by atoms with van der Waals surface area (Å²) in [4.78, 5) is 0. The van der Waals surface area contributed by atoms with Crippen LogP contribution in [0.15, 0.2) is 11.6 Å². The van der Waals surface area contributed by atoms with Crippen molar-refractivity contribution in [2.75, 3.05) is 25.6 Å². The highest BCUT2D eigenvalue weighted by atomic mass is 32.2. The Labute approximate surface area is 110 Å². The molecule has 1 fully saturated rings. The van der Waals surface area contributed by atoms with Crippen LogP contribution in [0.1, 0.15) is 27.2 Å². The van der Waals surface area contributed by atoms with Crippen LogP contribution in [0.2, 0.25) is 0 Å². The number of rotatable bonds is 6. The molecule has 0 saturated carbocycles. The average molecular weight is 277 g/mol. The Kier molecular flexibility index (Phi) is 6.28. The van der Waals surface area contributed by atoms with Crippen LogP contribution in [0.4, 0.5) is 0 Å². The van der Waals surface area contributed by atoms with Crippen molar-refractivity contribution in [2.45, 2.75) is 39.3 Å². The van der Waals surface area contributed by atoms with Gasteiger partial charge in [-0.3, -0.25) is 0 Å². The average Bonchev–Trinajstić information content (AvgIpc) is 2.30. The normalized spacial score (nSPS) is 24.8. The van der Waals surface area contributed by atoms with Crippen LogP contribution in [0, 0.1) is 0 Å². The molecule has 1 N–H and O–H groups in total. The number of hydrogen-bond donors (Lipinski definition) is 1. The third-order valence-corrected chi connectivity index (χ3v) is 4.23. The fourth-order valence-electron chi connectivity index (χ4n) is 1.68. The first-order valence-electron chi connectivity index (χ1n) is 6.27. The maximum atomic E-state index is 11.6. The number of allylic oxidation sites excluding steroid dienone is 1. The molecule has 0 aliphatic carbocycles. The van der Waals surface area contributed by atoms with E-state index in [0.717, 1.165) is 0 Å². The second kappa shape index (κ2) is 7.23. The van der Waals surface area contributed by atoms with E-state index in [0.29, 0.717) is 26.2 Å². The maximum absolute atomic E-state index is 11.6. The van der Waals surface area contributed by atoms with Gasteiger partial charge in [-0.05, 0) is 27.2 Å². The fourth-order valence-corrected chi connectivity index (χ4v) is 2.53. The van der Waals surface area contributed by atoms with Gasteiger partial charge in [0.2, 0.25) is 10.0 Å². The van der Waals surface area contributed by atoms with E-state index < -0.39 is 10.0 Å². The van der Waals surface area contributed by atoms with Gasteiger partial charge in [0, 0.05) is 6.61 Å². The van der Waals surface area contributed by atoms with Gasteiger partial charge in [0.15, 0.2) is 0 Å². The summed E-state index contributed by atoms with van der Waals surface area (Å²) in [5.41, 5.74) is 1.19.